The zero-order valence-electron chi connectivity index (χ0n) is 20.3. The lowest BCUT2D eigenvalue weighted by molar-refractivity contribution is -0.159. The number of halogens is 1. The minimum absolute atomic E-state index is 0.186. The van der Waals surface area contributed by atoms with Crippen LogP contribution in [0.1, 0.15) is 29.5 Å². The normalized spacial score (nSPS) is 13.3. The lowest BCUT2D eigenvalue weighted by Crippen LogP contribution is -2.39. The number of pyridine rings is 1. The second-order valence-corrected chi connectivity index (χ2v) is 8.74. The van der Waals surface area contributed by atoms with E-state index < -0.39 is 11.9 Å². The molecule has 1 amide bonds. The van der Waals surface area contributed by atoms with Crippen molar-refractivity contribution >= 4 is 17.8 Å². The van der Waals surface area contributed by atoms with Crippen molar-refractivity contribution in [1.29, 1.82) is 0 Å². The molecule has 0 aliphatic carbocycles. The summed E-state index contributed by atoms with van der Waals surface area (Å²) < 4.78 is 19.0. The molecule has 194 valence electrons. The standard InChI is InChI=1S/C26H27FN2O2.C2H2O4/c27-24-5-1-3-23(16-24)19-31-25-8-6-20(7-9-25)15-21-10-13-29(14-11-21)26(30)17-22-4-2-12-28-18-22;3-1(4)2(5)6/h1-9,12,16,18,21H,10-11,13-15,17,19H2;(H,3,4)(H,5,6). The van der Waals surface area contributed by atoms with Crippen molar-refractivity contribution in [2.45, 2.75) is 32.3 Å². The van der Waals surface area contributed by atoms with Gasteiger partial charge in [0, 0.05) is 25.5 Å². The van der Waals surface area contributed by atoms with Crippen LogP contribution in [0.2, 0.25) is 0 Å². The molecule has 2 aromatic carbocycles. The first-order valence-electron chi connectivity index (χ1n) is 11.9. The summed E-state index contributed by atoms with van der Waals surface area (Å²) in [7, 11) is 0. The number of nitrogens with zero attached hydrogens (tertiary/aromatic N) is 2. The summed E-state index contributed by atoms with van der Waals surface area (Å²) in [4.78, 5) is 36.8. The third kappa shape index (κ3) is 9.36. The zero-order chi connectivity index (χ0) is 26.6. The summed E-state index contributed by atoms with van der Waals surface area (Å²) in [6, 6.07) is 18.4. The third-order valence-electron chi connectivity index (χ3n) is 5.97. The zero-order valence-corrected chi connectivity index (χ0v) is 20.3. The molecule has 9 heteroatoms. The van der Waals surface area contributed by atoms with Crippen molar-refractivity contribution < 1.29 is 33.7 Å². The molecule has 37 heavy (non-hydrogen) atoms. The van der Waals surface area contributed by atoms with Crippen molar-refractivity contribution in [3.63, 3.8) is 0 Å². The van der Waals surface area contributed by atoms with Crippen molar-refractivity contribution in [2.24, 2.45) is 5.92 Å². The predicted molar refractivity (Wildman–Crippen MR) is 133 cm³/mol. The molecule has 1 aliphatic heterocycles. The Hall–Kier alpha value is -4.27. The first-order valence-corrected chi connectivity index (χ1v) is 11.9. The minimum Gasteiger partial charge on any atom is -0.489 e. The second kappa shape index (κ2) is 13.7. The fraction of sp³-hybridized carbons (Fsp3) is 0.286. The first kappa shape index (κ1) is 27.3. The van der Waals surface area contributed by atoms with Gasteiger partial charge in [-0.15, -0.1) is 0 Å². The Morgan fingerprint density at radius 2 is 1.59 bits per heavy atom. The summed E-state index contributed by atoms with van der Waals surface area (Å²) in [5, 5.41) is 14.8. The summed E-state index contributed by atoms with van der Waals surface area (Å²) in [5.41, 5.74) is 3.06. The van der Waals surface area contributed by atoms with E-state index in [4.69, 9.17) is 24.5 Å². The third-order valence-corrected chi connectivity index (χ3v) is 5.97. The molecule has 1 aliphatic rings. The molecule has 0 spiro atoms. The van der Waals surface area contributed by atoms with Crippen LogP contribution in [0.3, 0.4) is 0 Å². The lowest BCUT2D eigenvalue weighted by atomic mass is 9.90. The number of hydrogen-bond acceptors (Lipinski definition) is 5. The Morgan fingerprint density at radius 3 is 2.19 bits per heavy atom. The number of aromatic nitrogens is 1. The maximum Gasteiger partial charge on any atom is 0.414 e. The number of carbonyl (C=O) groups excluding carboxylic acids is 1. The fourth-order valence-corrected chi connectivity index (χ4v) is 4.02. The van der Waals surface area contributed by atoms with Gasteiger partial charge in [0.25, 0.3) is 0 Å². The van der Waals surface area contributed by atoms with Gasteiger partial charge < -0.3 is 19.8 Å². The molecule has 2 N–H and O–H groups in total. The molecule has 8 nitrogen and oxygen atoms in total. The first-order chi connectivity index (χ1) is 17.8. The topological polar surface area (TPSA) is 117 Å². The van der Waals surface area contributed by atoms with Gasteiger partial charge in [-0.3, -0.25) is 9.78 Å². The van der Waals surface area contributed by atoms with E-state index in [0.717, 1.165) is 49.2 Å². The average molecular weight is 509 g/mol. The van der Waals surface area contributed by atoms with E-state index in [1.165, 1.54) is 17.7 Å². The van der Waals surface area contributed by atoms with Crippen LogP contribution in [-0.4, -0.2) is 51.0 Å². The van der Waals surface area contributed by atoms with E-state index in [1.54, 1.807) is 18.5 Å². The number of benzene rings is 2. The highest BCUT2D eigenvalue weighted by atomic mass is 19.1. The lowest BCUT2D eigenvalue weighted by Gasteiger charge is -2.32. The van der Waals surface area contributed by atoms with Crippen molar-refractivity contribution in [3.8, 4) is 5.75 Å². The van der Waals surface area contributed by atoms with E-state index in [0.29, 0.717) is 18.9 Å². The van der Waals surface area contributed by atoms with Gasteiger partial charge in [0.15, 0.2) is 0 Å². The van der Waals surface area contributed by atoms with Gasteiger partial charge in [0.05, 0.1) is 6.42 Å². The highest BCUT2D eigenvalue weighted by Gasteiger charge is 2.23. The van der Waals surface area contributed by atoms with Crippen molar-refractivity contribution in [1.82, 2.24) is 9.88 Å². The Kier molecular flexibility index (Phi) is 10.1. The van der Waals surface area contributed by atoms with E-state index in [1.807, 2.05) is 35.2 Å². The molecule has 0 bridgehead atoms. The smallest absolute Gasteiger partial charge is 0.414 e. The number of carboxylic acid groups (broad SMARTS) is 2. The number of aliphatic carboxylic acids is 2. The van der Waals surface area contributed by atoms with Gasteiger partial charge in [0.1, 0.15) is 18.2 Å². The van der Waals surface area contributed by atoms with Gasteiger partial charge in [-0.2, -0.15) is 0 Å². The number of carbonyl (C=O) groups is 3. The molecule has 4 rings (SSSR count). The Bertz CT molecular complexity index is 1170. The number of piperidine rings is 1. The van der Waals surface area contributed by atoms with Crippen LogP contribution in [0, 0.1) is 11.7 Å². The van der Waals surface area contributed by atoms with E-state index in [9.17, 15) is 9.18 Å². The number of carboxylic acids is 2. The Morgan fingerprint density at radius 1 is 0.919 bits per heavy atom. The average Bonchev–Trinajstić information content (AvgIpc) is 2.90. The van der Waals surface area contributed by atoms with Gasteiger partial charge in [-0.05, 0) is 72.2 Å². The quantitative estimate of drug-likeness (QED) is 0.464. The molecule has 0 unspecified atom stereocenters. The van der Waals surface area contributed by atoms with Gasteiger partial charge in [0.2, 0.25) is 5.91 Å². The maximum absolute atomic E-state index is 13.3. The number of hydrogen-bond donors (Lipinski definition) is 2. The number of rotatable bonds is 7. The van der Waals surface area contributed by atoms with Crippen LogP contribution in [-0.2, 0) is 33.8 Å². The van der Waals surface area contributed by atoms with Crippen molar-refractivity contribution in [2.75, 3.05) is 13.1 Å². The highest BCUT2D eigenvalue weighted by Crippen LogP contribution is 2.24. The van der Waals surface area contributed by atoms with Gasteiger partial charge >= 0.3 is 11.9 Å². The molecule has 0 radical (unpaired) electrons. The van der Waals surface area contributed by atoms with Crippen LogP contribution in [0.4, 0.5) is 4.39 Å². The Labute approximate surface area is 214 Å². The van der Waals surface area contributed by atoms with E-state index in [2.05, 4.69) is 17.1 Å². The molecule has 3 aromatic rings. The number of amides is 1. The molecular formula is C28H29FN2O6. The molecule has 2 heterocycles. The van der Waals surface area contributed by atoms with Gasteiger partial charge in [-0.25, -0.2) is 14.0 Å². The molecular weight excluding hydrogens is 479 g/mol. The van der Waals surface area contributed by atoms with Gasteiger partial charge in [-0.1, -0.05) is 30.3 Å². The van der Waals surface area contributed by atoms with E-state index in [-0.39, 0.29) is 11.7 Å². The summed E-state index contributed by atoms with van der Waals surface area (Å²) in [6.45, 7) is 1.99. The number of likely N-dealkylation sites (tertiary alicyclic amines) is 1. The number of ether oxygens (including phenoxy) is 1. The van der Waals surface area contributed by atoms with E-state index >= 15 is 0 Å². The second-order valence-electron chi connectivity index (χ2n) is 8.74. The summed E-state index contributed by atoms with van der Waals surface area (Å²) in [6.07, 6.45) is 6.97. The molecule has 0 atom stereocenters. The summed E-state index contributed by atoms with van der Waals surface area (Å²) >= 11 is 0. The minimum atomic E-state index is -1.82. The molecule has 1 saturated heterocycles. The van der Waals surface area contributed by atoms with Crippen LogP contribution in [0.5, 0.6) is 5.75 Å². The Balaban J connectivity index is 0.000000568. The van der Waals surface area contributed by atoms with Crippen LogP contribution in [0.25, 0.3) is 0 Å². The predicted octanol–water partition coefficient (Wildman–Crippen LogP) is 3.98. The SMILES string of the molecule is O=C(Cc1cccnc1)N1CCC(Cc2ccc(OCc3cccc(F)c3)cc2)CC1.O=C(O)C(=O)O. The van der Waals surface area contributed by atoms with Crippen molar-refractivity contribution in [3.05, 3.63) is 95.6 Å². The van der Waals surface area contributed by atoms with Crippen LogP contribution < -0.4 is 4.74 Å². The fourth-order valence-electron chi connectivity index (χ4n) is 4.02. The van der Waals surface area contributed by atoms with Crippen LogP contribution in [0.15, 0.2) is 73.1 Å². The highest BCUT2D eigenvalue weighted by molar-refractivity contribution is 6.27. The largest absolute Gasteiger partial charge is 0.489 e. The maximum atomic E-state index is 13.3. The monoisotopic (exact) mass is 508 g/mol. The molecule has 0 saturated carbocycles. The van der Waals surface area contributed by atoms with Crippen LogP contribution >= 0.6 is 0 Å². The molecule has 1 aromatic heterocycles. The summed E-state index contributed by atoms with van der Waals surface area (Å²) in [5.74, 6) is -2.34. The molecule has 1 fully saturated rings.